The van der Waals surface area contributed by atoms with Crippen LogP contribution in [0, 0.1) is 28.4 Å². The van der Waals surface area contributed by atoms with E-state index in [9.17, 15) is 41.4 Å². The molecule has 2 heterocycles. The molecular weight excluding hydrogens is 464 g/mol. The van der Waals surface area contributed by atoms with Gasteiger partial charge in [0.15, 0.2) is 11.5 Å². The van der Waals surface area contributed by atoms with Gasteiger partial charge in [-0.1, -0.05) is 6.07 Å². The van der Waals surface area contributed by atoms with E-state index in [-0.39, 0.29) is 11.1 Å². The highest BCUT2D eigenvalue weighted by Gasteiger charge is 2.66. The molecule has 0 unspecified atom stereocenters. The van der Waals surface area contributed by atoms with Crippen molar-refractivity contribution < 1.29 is 40.4 Å². The Morgan fingerprint density at radius 3 is 2.28 bits per heavy atom. The zero-order valence-corrected chi connectivity index (χ0v) is 16.4. The molecule has 166 valence electrons. The summed E-state index contributed by atoms with van der Waals surface area (Å²) in [5.41, 5.74) is -1.21. The van der Waals surface area contributed by atoms with Gasteiger partial charge < -0.3 is 9.47 Å². The minimum absolute atomic E-state index is 0.160. The van der Waals surface area contributed by atoms with Gasteiger partial charge in [-0.15, -0.1) is 0 Å². The fourth-order valence-electron chi connectivity index (χ4n) is 2.98. The molecule has 2 aromatic carbocycles. The first-order valence-corrected chi connectivity index (χ1v) is 9.83. The van der Waals surface area contributed by atoms with Crippen molar-refractivity contribution >= 4 is 26.7 Å². The van der Waals surface area contributed by atoms with Gasteiger partial charge in [0.05, 0.1) is 20.9 Å². The smallest absolute Gasteiger partial charge is 0.421 e. The Hall–Kier alpha value is -3.93. The van der Waals surface area contributed by atoms with Gasteiger partial charge in [-0.3, -0.25) is 10.1 Å². The average Bonchev–Trinajstić information content (AvgIpc) is 3.04. The maximum absolute atomic E-state index is 13.5. The number of aromatic nitrogens is 2. The summed E-state index contributed by atoms with van der Waals surface area (Å²) in [6.45, 7) is 1.38. The molecular formula is C17H8F4N4O6S. The van der Waals surface area contributed by atoms with Crippen molar-refractivity contribution in [1.29, 1.82) is 5.26 Å². The van der Waals surface area contributed by atoms with Crippen LogP contribution in [0.1, 0.15) is 11.4 Å². The lowest BCUT2D eigenvalue weighted by atomic mass is 10.2. The highest BCUT2D eigenvalue weighted by molar-refractivity contribution is 7.90. The number of aryl methyl sites for hydroxylation is 1. The largest absolute Gasteiger partial charge is 0.507 e. The first kappa shape index (κ1) is 21.3. The molecule has 0 spiro atoms. The van der Waals surface area contributed by atoms with E-state index >= 15 is 0 Å². The third-order valence-electron chi connectivity index (χ3n) is 4.51. The summed E-state index contributed by atoms with van der Waals surface area (Å²) in [7, 11) is -4.72. The van der Waals surface area contributed by atoms with Crippen LogP contribution in [0.3, 0.4) is 0 Å². The van der Waals surface area contributed by atoms with Crippen LogP contribution in [0.2, 0.25) is 0 Å². The third-order valence-corrected chi connectivity index (χ3v) is 6.21. The van der Waals surface area contributed by atoms with E-state index in [0.29, 0.717) is 16.1 Å². The lowest BCUT2D eigenvalue weighted by molar-refractivity contribution is -0.391. The number of ether oxygens (including phenoxy) is 2. The van der Waals surface area contributed by atoms with Crippen molar-refractivity contribution in [2.45, 2.75) is 24.0 Å². The van der Waals surface area contributed by atoms with E-state index in [0.717, 1.165) is 18.2 Å². The number of nitro groups is 1. The topological polar surface area (TPSA) is 137 Å². The molecule has 0 fully saturated rings. The Morgan fingerprint density at radius 2 is 1.72 bits per heavy atom. The molecule has 1 aromatic heterocycles. The third kappa shape index (κ3) is 2.99. The number of hydrogen-bond donors (Lipinski definition) is 0. The molecule has 3 aromatic rings. The van der Waals surface area contributed by atoms with Crippen molar-refractivity contribution in [3.63, 3.8) is 0 Å². The monoisotopic (exact) mass is 472 g/mol. The Bertz CT molecular complexity index is 1460. The number of nitro benzene ring substituents is 1. The van der Waals surface area contributed by atoms with Gasteiger partial charge in [-0.2, -0.15) is 22.8 Å². The summed E-state index contributed by atoms with van der Waals surface area (Å²) < 4.78 is 88.6. The molecule has 0 atom stereocenters. The molecule has 0 N–H and O–H groups in total. The number of nitriles is 1. The zero-order valence-electron chi connectivity index (χ0n) is 15.5. The second kappa shape index (κ2) is 6.53. The van der Waals surface area contributed by atoms with Crippen molar-refractivity contribution in [2.75, 3.05) is 0 Å². The highest BCUT2D eigenvalue weighted by Crippen LogP contribution is 2.48. The summed E-state index contributed by atoms with van der Waals surface area (Å²) in [6, 6.07) is 5.80. The summed E-state index contributed by atoms with van der Waals surface area (Å²) in [4.78, 5) is 13.5. The molecule has 1 aliphatic rings. The number of halogens is 4. The lowest BCUT2D eigenvalue weighted by Gasteiger charge is -2.31. The number of imidazole rings is 1. The fourth-order valence-corrected chi connectivity index (χ4v) is 4.41. The summed E-state index contributed by atoms with van der Waals surface area (Å²) in [5.74, 6) is -2.54. The van der Waals surface area contributed by atoms with Gasteiger partial charge in [-0.25, -0.2) is 17.4 Å². The van der Waals surface area contributed by atoms with E-state index in [4.69, 9.17) is 0 Å². The Labute approximate surface area is 175 Å². The van der Waals surface area contributed by atoms with Gasteiger partial charge in [0.25, 0.3) is 15.7 Å². The van der Waals surface area contributed by atoms with E-state index in [1.807, 2.05) is 0 Å². The molecule has 0 saturated heterocycles. The van der Waals surface area contributed by atoms with Gasteiger partial charge in [-0.05, 0) is 13.0 Å². The van der Waals surface area contributed by atoms with Crippen molar-refractivity contribution in [1.82, 2.24) is 8.96 Å². The minimum atomic E-state index is -5.06. The average molecular weight is 472 g/mol. The minimum Gasteiger partial charge on any atom is -0.421 e. The number of hydrogen-bond acceptors (Lipinski definition) is 8. The molecule has 0 bridgehead atoms. The van der Waals surface area contributed by atoms with Crippen LogP contribution in [-0.2, 0) is 10.0 Å². The van der Waals surface area contributed by atoms with Crippen LogP contribution in [0.4, 0.5) is 23.2 Å². The van der Waals surface area contributed by atoms with E-state index in [2.05, 4.69) is 14.5 Å². The van der Waals surface area contributed by atoms with E-state index in [1.54, 1.807) is 0 Å². The molecule has 1 aliphatic heterocycles. The maximum atomic E-state index is 13.5. The number of fused-ring (bicyclic) bond motifs is 2. The molecule has 4 rings (SSSR count). The predicted octanol–water partition coefficient (Wildman–Crippen LogP) is 3.32. The van der Waals surface area contributed by atoms with Gasteiger partial charge >= 0.3 is 12.2 Å². The highest BCUT2D eigenvalue weighted by atomic mass is 32.2. The van der Waals surface area contributed by atoms with Gasteiger partial charge in [0.2, 0.25) is 5.82 Å². The van der Waals surface area contributed by atoms with E-state index in [1.165, 1.54) is 13.0 Å². The van der Waals surface area contributed by atoms with Gasteiger partial charge in [0, 0.05) is 23.8 Å². The summed E-state index contributed by atoms with van der Waals surface area (Å²) in [6.07, 6.45) is -10.1. The number of nitrogens with zero attached hydrogens (tertiary/aromatic N) is 4. The van der Waals surface area contributed by atoms with Crippen LogP contribution in [-0.4, -0.2) is 34.5 Å². The van der Waals surface area contributed by atoms with Crippen molar-refractivity contribution in [3.05, 3.63) is 51.8 Å². The number of rotatable bonds is 3. The second-order valence-corrected chi connectivity index (χ2v) is 8.33. The van der Waals surface area contributed by atoms with Gasteiger partial charge in [0.1, 0.15) is 6.07 Å². The van der Waals surface area contributed by atoms with Crippen LogP contribution >= 0.6 is 0 Å². The lowest BCUT2D eigenvalue weighted by Crippen LogP contribution is -2.52. The Kier molecular flexibility index (Phi) is 4.35. The van der Waals surface area contributed by atoms with Crippen LogP contribution in [0.15, 0.2) is 35.2 Å². The molecule has 15 heteroatoms. The molecule has 0 amide bonds. The van der Waals surface area contributed by atoms with Crippen LogP contribution in [0.5, 0.6) is 11.5 Å². The molecule has 0 aliphatic carbocycles. The quantitative estimate of drug-likeness (QED) is 0.322. The number of alkyl halides is 4. The second-order valence-electron chi connectivity index (χ2n) is 6.55. The normalized spacial score (nSPS) is 16.5. The zero-order chi connectivity index (χ0) is 23.6. The molecule has 10 nitrogen and oxygen atoms in total. The number of benzene rings is 2. The molecule has 32 heavy (non-hydrogen) atoms. The molecule has 0 saturated carbocycles. The SMILES string of the molecule is Cc1ccc(S(=O)(=O)n2c(C#N)nc3cc4c(cc32)OC(F)(F)C(F)(F)O4)cc1[N+](=O)[O-]. The fraction of sp³-hybridized carbons (Fsp3) is 0.176. The van der Waals surface area contributed by atoms with Crippen LogP contribution in [0.25, 0.3) is 11.0 Å². The Balaban J connectivity index is 1.97. The predicted molar refractivity (Wildman–Crippen MR) is 96.0 cm³/mol. The van der Waals surface area contributed by atoms with Crippen LogP contribution < -0.4 is 9.47 Å². The van der Waals surface area contributed by atoms with Crippen molar-refractivity contribution in [3.8, 4) is 17.6 Å². The van der Waals surface area contributed by atoms with E-state index < -0.39 is 60.6 Å². The van der Waals surface area contributed by atoms with Crippen molar-refractivity contribution in [2.24, 2.45) is 0 Å². The Morgan fingerprint density at radius 1 is 1.12 bits per heavy atom. The standard InChI is InChI=1S/C17H8F4N4O6S/c1-8-2-3-9(4-11(8)25(26)27)32(28,29)24-12-6-14-13(5-10(12)23-15(24)7-22)30-16(18,19)17(20,21)31-14/h2-6H,1H3. The summed E-state index contributed by atoms with van der Waals surface area (Å²) >= 11 is 0. The molecule has 0 radical (unpaired) electrons. The maximum Gasteiger partial charge on any atom is 0.507 e. The first-order valence-electron chi connectivity index (χ1n) is 8.39. The first-order chi connectivity index (χ1) is 14.8. The summed E-state index contributed by atoms with van der Waals surface area (Å²) in [5, 5.41) is 20.5.